The highest BCUT2D eigenvalue weighted by Crippen LogP contribution is 2.41. The molecule has 3 rings (SSSR count). The fraction of sp³-hybridized carbons (Fsp3) is 0.556. The van der Waals surface area contributed by atoms with Gasteiger partial charge in [-0.05, 0) is 12.8 Å². The van der Waals surface area contributed by atoms with E-state index in [2.05, 4.69) is 15.6 Å². The summed E-state index contributed by atoms with van der Waals surface area (Å²) in [4.78, 5) is 15.5. The lowest BCUT2D eigenvalue weighted by molar-refractivity contribution is -0.118. The van der Waals surface area contributed by atoms with Gasteiger partial charge in [0.1, 0.15) is 6.17 Å². The Labute approximate surface area is 85.7 Å². The predicted molar refractivity (Wildman–Crippen MR) is 53.0 cm³/mol. The lowest BCUT2D eigenvalue weighted by Gasteiger charge is -2.05. The maximum absolute atomic E-state index is 11.0. The first kappa shape index (κ1) is 8.38. The highest BCUT2D eigenvalue weighted by atomic mass is 32.1. The number of hydrogen-bond donors (Lipinski definition) is 2. The average Bonchev–Trinajstić information content (AvgIpc) is 2.76. The molecule has 74 valence electrons. The van der Waals surface area contributed by atoms with Crippen LogP contribution in [0.5, 0.6) is 0 Å². The molecule has 2 N–H and O–H groups in total. The molecular weight excluding hydrogens is 198 g/mol. The smallest absolute Gasteiger partial charge is 0.235 e. The van der Waals surface area contributed by atoms with Crippen molar-refractivity contribution in [2.24, 2.45) is 0 Å². The Morgan fingerprint density at radius 2 is 2.36 bits per heavy atom. The van der Waals surface area contributed by atoms with Crippen LogP contribution in [0.1, 0.15) is 35.6 Å². The maximum atomic E-state index is 11.0. The Morgan fingerprint density at radius 3 is 3.00 bits per heavy atom. The Kier molecular flexibility index (Phi) is 1.81. The van der Waals surface area contributed by atoms with Crippen LogP contribution < -0.4 is 10.6 Å². The zero-order valence-corrected chi connectivity index (χ0v) is 8.43. The summed E-state index contributed by atoms with van der Waals surface area (Å²) in [5, 5.41) is 9.18. The number of aromatic nitrogens is 1. The van der Waals surface area contributed by atoms with Crippen molar-refractivity contribution in [2.75, 3.05) is 6.54 Å². The number of carbonyl (C=O) groups is 1. The van der Waals surface area contributed by atoms with Crippen molar-refractivity contribution in [1.29, 1.82) is 0 Å². The minimum Gasteiger partial charge on any atom is -0.334 e. The van der Waals surface area contributed by atoms with Crippen molar-refractivity contribution in [2.45, 2.75) is 24.9 Å². The molecule has 1 saturated carbocycles. The summed E-state index contributed by atoms with van der Waals surface area (Å²) < 4.78 is 0. The van der Waals surface area contributed by atoms with Gasteiger partial charge in [0, 0.05) is 11.3 Å². The van der Waals surface area contributed by atoms with E-state index in [1.807, 2.05) is 5.38 Å². The van der Waals surface area contributed by atoms with Gasteiger partial charge >= 0.3 is 0 Å². The van der Waals surface area contributed by atoms with Crippen molar-refractivity contribution >= 4 is 17.2 Å². The van der Waals surface area contributed by atoms with Gasteiger partial charge in [-0.3, -0.25) is 10.1 Å². The van der Waals surface area contributed by atoms with E-state index in [1.165, 1.54) is 17.8 Å². The highest BCUT2D eigenvalue weighted by molar-refractivity contribution is 7.09. The largest absolute Gasteiger partial charge is 0.334 e. The highest BCUT2D eigenvalue weighted by Gasteiger charge is 2.29. The van der Waals surface area contributed by atoms with Gasteiger partial charge in [0.25, 0.3) is 0 Å². The summed E-state index contributed by atoms with van der Waals surface area (Å²) in [6, 6.07) is 0. The third-order valence-corrected chi connectivity index (χ3v) is 3.56. The summed E-state index contributed by atoms with van der Waals surface area (Å²) in [5.41, 5.74) is 0.961. The third kappa shape index (κ3) is 1.42. The normalized spacial score (nSPS) is 26.6. The molecule has 1 aliphatic carbocycles. The second kappa shape index (κ2) is 3.03. The topological polar surface area (TPSA) is 54.0 Å². The molecular formula is C9H11N3OS. The van der Waals surface area contributed by atoms with Gasteiger partial charge in [-0.1, -0.05) is 0 Å². The van der Waals surface area contributed by atoms with Crippen LogP contribution in [-0.4, -0.2) is 17.4 Å². The first-order valence-electron chi connectivity index (χ1n) is 4.81. The van der Waals surface area contributed by atoms with E-state index < -0.39 is 0 Å². The van der Waals surface area contributed by atoms with Gasteiger partial charge in [-0.2, -0.15) is 0 Å². The fourth-order valence-corrected chi connectivity index (χ4v) is 2.60. The number of thiazole rings is 1. The van der Waals surface area contributed by atoms with E-state index in [1.54, 1.807) is 11.3 Å². The van der Waals surface area contributed by atoms with Crippen molar-refractivity contribution in [3.63, 3.8) is 0 Å². The molecule has 0 aromatic carbocycles. The van der Waals surface area contributed by atoms with Crippen LogP contribution in [0.4, 0.5) is 0 Å². The number of carbonyl (C=O) groups excluding carboxylic acids is 1. The predicted octanol–water partition coefficient (Wildman–Crippen LogP) is 0.739. The Bertz CT molecular complexity index is 372. The summed E-state index contributed by atoms with van der Waals surface area (Å²) in [5.74, 6) is 0.752. The van der Waals surface area contributed by atoms with Gasteiger partial charge in [0.2, 0.25) is 5.91 Å². The molecule has 1 aromatic rings. The molecule has 2 aliphatic rings. The summed E-state index contributed by atoms with van der Waals surface area (Å²) >= 11 is 1.71. The molecule has 0 radical (unpaired) electrons. The molecule has 14 heavy (non-hydrogen) atoms. The van der Waals surface area contributed by atoms with E-state index in [4.69, 9.17) is 0 Å². The molecule has 1 atom stereocenters. The molecule has 1 aromatic heterocycles. The minimum absolute atomic E-state index is 0.0518. The minimum atomic E-state index is -0.0637. The SMILES string of the molecule is O=C1CNC(c2csc(C3CC3)n2)N1. The number of nitrogens with one attached hydrogen (secondary N) is 2. The van der Waals surface area contributed by atoms with E-state index in [9.17, 15) is 4.79 Å². The first-order valence-corrected chi connectivity index (χ1v) is 5.69. The third-order valence-electron chi connectivity index (χ3n) is 2.53. The zero-order valence-electron chi connectivity index (χ0n) is 7.62. The molecule has 1 unspecified atom stereocenters. The molecule has 5 heteroatoms. The fourth-order valence-electron chi connectivity index (χ4n) is 1.59. The van der Waals surface area contributed by atoms with Crippen molar-refractivity contribution in [1.82, 2.24) is 15.6 Å². The van der Waals surface area contributed by atoms with Crippen molar-refractivity contribution < 1.29 is 4.79 Å². The maximum Gasteiger partial charge on any atom is 0.235 e. The molecule has 1 saturated heterocycles. The monoisotopic (exact) mass is 209 g/mol. The van der Waals surface area contributed by atoms with E-state index in [-0.39, 0.29) is 12.1 Å². The van der Waals surface area contributed by atoms with Crippen molar-refractivity contribution in [3.8, 4) is 0 Å². The van der Waals surface area contributed by atoms with E-state index >= 15 is 0 Å². The molecule has 4 nitrogen and oxygen atoms in total. The van der Waals surface area contributed by atoms with E-state index in [0.717, 1.165) is 5.69 Å². The second-order valence-electron chi connectivity index (χ2n) is 3.77. The molecule has 0 bridgehead atoms. The van der Waals surface area contributed by atoms with Crippen molar-refractivity contribution in [3.05, 3.63) is 16.1 Å². The number of nitrogens with zero attached hydrogens (tertiary/aromatic N) is 1. The average molecular weight is 209 g/mol. The number of hydrogen-bond acceptors (Lipinski definition) is 4. The van der Waals surface area contributed by atoms with Gasteiger partial charge < -0.3 is 5.32 Å². The first-order chi connectivity index (χ1) is 6.83. The Balaban J connectivity index is 1.78. The van der Waals surface area contributed by atoms with Gasteiger partial charge in [0.15, 0.2) is 0 Å². The molecule has 2 fully saturated rings. The van der Waals surface area contributed by atoms with Crippen LogP contribution in [0.15, 0.2) is 5.38 Å². The standard InChI is InChI=1S/C9H11N3OS/c13-7-3-10-8(12-7)6-4-14-9(11-6)5-1-2-5/h4-5,8,10H,1-3H2,(H,12,13). The van der Waals surface area contributed by atoms with Gasteiger partial charge in [-0.15, -0.1) is 11.3 Å². The summed E-state index contributed by atoms with van der Waals surface area (Å²) in [7, 11) is 0. The van der Waals surface area contributed by atoms with Crippen LogP contribution in [0, 0.1) is 0 Å². The molecule has 0 spiro atoms. The Hall–Kier alpha value is -0.940. The van der Waals surface area contributed by atoms with Crippen LogP contribution in [-0.2, 0) is 4.79 Å². The molecule has 1 amide bonds. The number of amides is 1. The number of rotatable bonds is 2. The second-order valence-corrected chi connectivity index (χ2v) is 4.66. The Morgan fingerprint density at radius 1 is 1.50 bits per heavy atom. The van der Waals surface area contributed by atoms with Crippen LogP contribution in [0.2, 0.25) is 0 Å². The quantitative estimate of drug-likeness (QED) is 0.755. The lowest BCUT2D eigenvalue weighted by Crippen LogP contribution is -2.22. The van der Waals surface area contributed by atoms with Gasteiger partial charge in [-0.25, -0.2) is 4.98 Å². The van der Waals surface area contributed by atoms with Crippen LogP contribution in [0.25, 0.3) is 0 Å². The van der Waals surface area contributed by atoms with Gasteiger partial charge in [0.05, 0.1) is 17.2 Å². The molecule has 1 aliphatic heterocycles. The van der Waals surface area contributed by atoms with Crippen LogP contribution in [0.3, 0.4) is 0 Å². The van der Waals surface area contributed by atoms with Crippen LogP contribution >= 0.6 is 11.3 Å². The summed E-state index contributed by atoms with van der Waals surface area (Å²) in [6.45, 7) is 0.404. The lowest BCUT2D eigenvalue weighted by atomic mass is 10.4. The summed E-state index contributed by atoms with van der Waals surface area (Å²) in [6.07, 6.45) is 2.49. The molecule has 2 heterocycles. The zero-order chi connectivity index (χ0) is 9.54. The van der Waals surface area contributed by atoms with E-state index in [0.29, 0.717) is 12.5 Å².